The minimum absolute atomic E-state index is 0.138. The zero-order valence-electron chi connectivity index (χ0n) is 19.1. The molecule has 0 spiro atoms. The molecule has 32 heavy (non-hydrogen) atoms. The fourth-order valence-electron chi connectivity index (χ4n) is 4.30. The van der Waals surface area contributed by atoms with Crippen LogP contribution in [0.4, 0.5) is 5.69 Å². The molecule has 166 valence electrons. The van der Waals surface area contributed by atoms with Crippen molar-refractivity contribution in [3.63, 3.8) is 0 Å². The Morgan fingerprint density at radius 1 is 1.12 bits per heavy atom. The summed E-state index contributed by atoms with van der Waals surface area (Å²) in [4.78, 5) is 29.2. The summed E-state index contributed by atoms with van der Waals surface area (Å²) in [6.07, 6.45) is 0. The molecular weight excluding hydrogens is 404 g/mol. The zero-order chi connectivity index (χ0) is 23.0. The molecule has 0 saturated carbocycles. The van der Waals surface area contributed by atoms with Crippen molar-refractivity contribution in [2.75, 3.05) is 11.9 Å². The van der Waals surface area contributed by atoms with Crippen molar-refractivity contribution in [2.24, 2.45) is 7.05 Å². The predicted octanol–water partition coefficient (Wildman–Crippen LogP) is 4.37. The number of aromatic nitrogens is 3. The third kappa shape index (κ3) is 3.60. The van der Waals surface area contributed by atoms with Gasteiger partial charge in [0.05, 0.1) is 18.0 Å². The van der Waals surface area contributed by atoms with Gasteiger partial charge in [0.2, 0.25) is 0 Å². The standard InChI is InChI=1S/C25H28N4O3/c1-6-32-25(31)23-19(21-16(3)12-15(2)13-20(21)27-23)14-26-22-17(4)28(5)29(24(22)30)18-10-8-7-9-11-18/h7-13,26-27H,6,14H2,1-5H3. The Labute approximate surface area is 186 Å². The molecule has 0 unspecified atom stereocenters. The maximum atomic E-state index is 13.2. The Morgan fingerprint density at radius 2 is 1.84 bits per heavy atom. The number of anilines is 1. The molecule has 7 nitrogen and oxygen atoms in total. The largest absolute Gasteiger partial charge is 0.461 e. The van der Waals surface area contributed by atoms with Crippen LogP contribution in [0.5, 0.6) is 0 Å². The SMILES string of the molecule is CCOC(=O)c1[nH]c2cc(C)cc(C)c2c1CNc1c(C)n(C)n(-c2ccccc2)c1=O. The molecule has 0 aliphatic carbocycles. The third-order valence-electron chi connectivity index (χ3n) is 5.82. The van der Waals surface area contributed by atoms with E-state index >= 15 is 0 Å². The van der Waals surface area contributed by atoms with Gasteiger partial charge in [-0.1, -0.05) is 24.3 Å². The minimum Gasteiger partial charge on any atom is -0.461 e. The first kappa shape index (κ1) is 21.5. The lowest BCUT2D eigenvalue weighted by Crippen LogP contribution is -2.21. The van der Waals surface area contributed by atoms with Gasteiger partial charge in [0, 0.05) is 30.1 Å². The van der Waals surface area contributed by atoms with Crippen LogP contribution >= 0.6 is 0 Å². The monoisotopic (exact) mass is 432 g/mol. The van der Waals surface area contributed by atoms with Crippen molar-refractivity contribution in [3.8, 4) is 5.69 Å². The molecule has 0 aliphatic heterocycles. The number of rotatable bonds is 6. The third-order valence-corrected chi connectivity index (χ3v) is 5.82. The van der Waals surface area contributed by atoms with Gasteiger partial charge in [-0.25, -0.2) is 9.48 Å². The second-order valence-electron chi connectivity index (χ2n) is 7.99. The van der Waals surface area contributed by atoms with Crippen molar-refractivity contribution in [3.05, 3.63) is 80.9 Å². The van der Waals surface area contributed by atoms with Crippen LogP contribution in [0.1, 0.15) is 39.8 Å². The van der Waals surface area contributed by atoms with E-state index in [2.05, 4.69) is 16.4 Å². The Bertz CT molecular complexity index is 1360. The second-order valence-corrected chi connectivity index (χ2v) is 7.99. The summed E-state index contributed by atoms with van der Waals surface area (Å²) in [5, 5.41) is 4.28. The van der Waals surface area contributed by atoms with Gasteiger partial charge in [-0.15, -0.1) is 0 Å². The number of carbonyl (C=O) groups is 1. The molecule has 0 saturated heterocycles. The maximum absolute atomic E-state index is 13.2. The molecular formula is C25H28N4O3. The smallest absolute Gasteiger partial charge is 0.355 e. The normalized spacial score (nSPS) is 11.2. The number of ether oxygens (including phenoxy) is 1. The number of fused-ring (bicyclic) bond motifs is 1. The predicted molar refractivity (Wildman–Crippen MR) is 127 cm³/mol. The number of H-pyrrole nitrogens is 1. The first-order chi connectivity index (χ1) is 15.3. The number of para-hydroxylation sites is 1. The van der Waals surface area contributed by atoms with Crippen LogP contribution in [0, 0.1) is 20.8 Å². The lowest BCUT2D eigenvalue weighted by Gasteiger charge is -2.09. The van der Waals surface area contributed by atoms with Crippen LogP contribution in [0.3, 0.4) is 0 Å². The van der Waals surface area contributed by atoms with Crippen molar-refractivity contribution in [1.82, 2.24) is 14.3 Å². The van der Waals surface area contributed by atoms with E-state index in [-0.39, 0.29) is 5.56 Å². The number of hydrogen-bond acceptors (Lipinski definition) is 4. The Hall–Kier alpha value is -3.74. The van der Waals surface area contributed by atoms with E-state index in [1.165, 1.54) is 0 Å². The fourth-order valence-corrected chi connectivity index (χ4v) is 4.30. The van der Waals surface area contributed by atoms with E-state index in [0.29, 0.717) is 24.5 Å². The Morgan fingerprint density at radius 3 is 2.53 bits per heavy atom. The van der Waals surface area contributed by atoms with Crippen LogP contribution in [0.25, 0.3) is 16.6 Å². The van der Waals surface area contributed by atoms with E-state index in [1.54, 1.807) is 11.6 Å². The van der Waals surface area contributed by atoms with Gasteiger partial charge < -0.3 is 15.0 Å². The topological polar surface area (TPSA) is 81.1 Å². The Balaban J connectivity index is 1.78. The van der Waals surface area contributed by atoms with E-state index in [9.17, 15) is 9.59 Å². The number of esters is 1. The highest BCUT2D eigenvalue weighted by Gasteiger charge is 2.22. The van der Waals surface area contributed by atoms with Gasteiger partial charge in [-0.05, 0) is 57.0 Å². The van der Waals surface area contributed by atoms with E-state index in [0.717, 1.165) is 39.0 Å². The molecule has 0 amide bonds. The molecule has 0 bridgehead atoms. The number of benzene rings is 2. The lowest BCUT2D eigenvalue weighted by atomic mass is 10.0. The highest BCUT2D eigenvalue weighted by atomic mass is 16.5. The summed E-state index contributed by atoms with van der Waals surface area (Å²) in [5.41, 5.74) is 6.24. The number of hydrogen-bond donors (Lipinski definition) is 2. The van der Waals surface area contributed by atoms with Gasteiger partial charge in [0.15, 0.2) is 0 Å². The molecule has 0 atom stereocenters. The Kier molecular flexibility index (Phi) is 5.65. The van der Waals surface area contributed by atoms with Crippen molar-refractivity contribution in [2.45, 2.75) is 34.2 Å². The number of aromatic amines is 1. The first-order valence-corrected chi connectivity index (χ1v) is 10.7. The summed E-state index contributed by atoms with van der Waals surface area (Å²) in [6.45, 7) is 8.34. The molecule has 0 radical (unpaired) electrons. The summed E-state index contributed by atoms with van der Waals surface area (Å²) in [5.74, 6) is -0.399. The summed E-state index contributed by atoms with van der Waals surface area (Å²) < 4.78 is 8.74. The first-order valence-electron chi connectivity index (χ1n) is 10.7. The molecule has 2 N–H and O–H groups in total. The fraction of sp³-hybridized carbons (Fsp3) is 0.280. The second kappa shape index (κ2) is 8.42. The maximum Gasteiger partial charge on any atom is 0.355 e. The van der Waals surface area contributed by atoms with Gasteiger partial charge in [-0.3, -0.25) is 9.48 Å². The molecule has 2 aromatic heterocycles. The van der Waals surface area contributed by atoms with Crippen LogP contribution in [0.2, 0.25) is 0 Å². The average Bonchev–Trinajstić information content (AvgIpc) is 3.22. The van der Waals surface area contributed by atoms with Gasteiger partial charge in [0.1, 0.15) is 11.4 Å². The minimum atomic E-state index is -0.399. The van der Waals surface area contributed by atoms with Crippen LogP contribution in [-0.2, 0) is 18.3 Å². The molecule has 4 rings (SSSR count). The highest BCUT2D eigenvalue weighted by molar-refractivity contribution is 6.00. The molecule has 0 fully saturated rings. The van der Waals surface area contributed by atoms with Crippen LogP contribution < -0.4 is 10.9 Å². The van der Waals surface area contributed by atoms with Crippen molar-refractivity contribution >= 4 is 22.6 Å². The van der Waals surface area contributed by atoms with Crippen LogP contribution in [0.15, 0.2) is 47.3 Å². The summed E-state index contributed by atoms with van der Waals surface area (Å²) in [6, 6.07) is 13.6. The van der Waals surface area contributed by atoms with E-state index in [4.69, 9.17) is 4.74 Å². The molecule has 7 heteroatoms. The van der Waals surface area contributed by atoms with E-state index < -0.39 is 5.97 Å². The number of aryl methyl sites for hydroxylation is 2. The van der Waals surface area contributed by atoms with Crippen molar-refractivity contribution in [1.29, 1.82) is 0 Å². The van der Waals surface area contributed by atoms with E-state index in [1.807, 2.05) is 68.9 Å². The quantitative estimate of drug-likeness (QED) is 0.443. The molecule has 2 aromatic carbocycles. The molecule has 2 heterocycles. The lowest BCUT2D eigenvalue weighted by molar-refractivity contribution is 0.0519. The van der Waals surface area contributed by atoms with Crippen molar-refractivity contribution < 1.29 is 9.53 Å². The van der Waals surface area contributed by atoms with Gasteiger partial charge in [0.25, 0.3) is 5.56 Å². The summed E-state index contributed by atoms with van der Waals surface area (Å²) in [7, 11) is 1.86. The number of nitrogens with one attached hydrogen (secondary N) is 2. The zero-order valence-corrected chi connectivity index (χ0v) is 19.1. The average molecular weight is 433 g/mol. The molecule has 4 aromatic rings. The summed E-state index contributed by atoms with van der Waals surface area (Å²) >= 11 is 0. The number of nitrogens with zero attached hydrogens (tertiary/aromatic N) is 2. The van der Waals surface area contributed by atoms with Gasteiger partial charge >= 0.3 is 5.97 Å². The number of carbonyl (C=O) groups excluding carboxylic acids is 1. The highest BCUT2D eigenvalue weighted by Crippen LogP contribution is 2.29. The van der Waals surface area contributed by atoms with Gasteiger partial charge in [-0.2, -0.15) is 0 Å². The molecule has 0 aliphatic rings. The van der Waals surface area contributed by atoms with Crippen LogP contribution in [-0.4, -0.2) is 26.9 Å².